The number of nitrogens with zero attached hydrogens (tertiary/aromatic N) is 3. The molecule has 1 saturated heterocycles. The summed E-state index contributed by atoms with van der Waals surface area (Å²) in [5, 5.41) is 7.38. The topological polar surface area (TPSA) is 67.2 Å². The number of hydrogen-bond acceptors (Lipinski definition) is 3. The molecule has 4 rings (SSSR count). The van der Waals surface area contributed by atoms with E-state index < -0.39 is 0 Å². The number of carbonyl (C=O) groups excluding carboxylic acids is 2. The molecule has 1 unspecified atom stereocenters. The largest absolute Gasteiger partial charge is 0.355 e. The summed E-state index contributed by atoms with van der Waals surface area (Å²) in [7, 11) is 0. The van der Waals surface area contributed by atoms with Crippen molar-refractivity contribution in [3.8, 4) is 5.69 Å². The van der Waals surface area contributed by atoms with Crippen molar-refractivity contribution in [2.75, 3.05) is 18.0 Å². The minimum atomic E-state index is -0.317. The maximum absolute atomic E-state index is 12.6. The van der Waals surface area contributed by atoms with Gasteiger partial charge in [0.15, 0.2) is 0 Å². The molecule has 6 heteroatoms. The van der Waals surface area contributed by atoms with Gasteiger partial charge < -0.3 is 10.2 Å². The first-order valence-corrected chi connectivity index (χ1v) is 10.8. The molecule has 1 aliphatic heterocycles. The van der Waals surface area contributed by atoms with Gasteiger partial charge in [0.25, 0.3) is 0 Å². The van der Waals surface area contributed by atoms with Gasteiger partial charge in [-0.3, -0.25) is 9.59 Å². The highest BCUT2D eigenvalue weighted by Gasteiger charge is 2.35. The number of carbonyl (C=O) groups is 2. The van der Waals surface area contributed by atoms with E-state index in [4.69, 9.17) is 0 Å². The molecule has 1 fully saturated rings. The number of benzene rings is 2. The van der Waals surface area contributed by atoms with Crippen LogP contribution in [0.25, 0.3) is 5.69 Å². The second-order valence-electron chi connectivity index (χ2n) is 8.32. The van der Waals surface area contributed by atoms with Gasteiger partial charge in [0.05, 0.1) is 17.8 Å². The van der Waals surface area contributed by atoms with Crippen LogP contribution in [-0.2, 0) is 16.0 Å². The molecule has 31 heavy (non-hydrogen) atoms. The molecular weight excluding hydrogens is 388 g/mol. The molecule has 1 atom stereocenters. The molecule has 1 aromatic heterocycles. The van der Waals surface area contributed by atoms with Crippen molar-refractivity contribution in [3.05, 3.63) is 78.1 Å². The summed E-state index contributed by atoms with van der Waals surface area (Å²) in [4.78, 5) is 26.9. The van der Waals surface area contributed by atoms with Crippen molar-refractivity contribution in [2.24, 2.45) is 5.92 Å². The predicted octanol–water partition coefficient (Wildman–Crippen LogP) is 3.71. The minimum absolute atomic E-state index is 0.00481. The van der Waals surface area contributed by atoms with Gasteiger partial charge >= 0.3 is 0 Å². The van der Waals surface area contributed by atoms with E-state index in [2.05, 4.69) is 30.3 Å². The first-order chi connectivity index (χ1) is 15.0. The number of anilines is 1. The zero-order valence-corrected chi connectivity index (χ0v) is 18.0. The SMILES string of the molecule is CC(C)c1cccc(N2CC(C(=O)NCCc3cnn(-c4ccccc4)c3)CC2=O)c1. The van der Waals surface area contributed by atoms with Crippen LogP contribution < -0.4 is 10.2 Å². The van der Waals surface area contributed by atoms with Crippen LogP contribution in [0.15, 0.2) is 67.0 Å². The van der Waals surface area contributed by atoms with Gasteiger partial charge in [-0.25, -0.2) is 4.68 Å². The van der Waals surface area contributed by atoms with E-state index in [9.17, 15) is 9.59 Å². The van der Waals surface area contributed by atoms with E-state index in [0.29, 0.717) is 25.4 Å². The standard InChI is InChI=1S/C25H28N4O2/c1-18(2)20-7-6-10-23(13-20)28-17-21(14-24(28)30)25(31)26-12-11-19-15-27-29(16-19)22-8-4-3-5-9-22/h3-10,13,15-16,18,21H,11-12,14,17H2,1-2H3,(H,26,31). The van der Waals surface area contributed by atoms with Gasteiger partial charge in [0.2, 0.25) is 11.8 Å². The van der Waals surface area contributed by atoms with Crippen molar-refractivity contribution < 1.29 is 9.59 Å². The van der Waals surface area contributed by atoms with Crippen LogP contribution in [0, 0.1) is 5.92 Å². The Labute approximate surface area is 182 Å². The van der Waals surface area contributed by atoms with E-state index in [0.717, 1.165) is 16.9 Å². The van der Waals surface area contributed by atoms with Crippen LogP contribution in [0.1, 0.15) is 37.3 Å². The van der Waals surface area contributed by atoms with Crippen molar-refractivity contribution in [1.29, 1.82) is 0 Å². The van der Waals surface area contributed by atoms with Crippen molar-refractivity contribution in [3.63, 3.8) is 0 Å². The molecule has 1 aliphatic rings. The third-order valence-corrected chi connectivity index (χ3v) is 5.71. The van der Waals surface area contributed by atoms with Gasteiger partial charge in [-0.2, -0.15) is 5.10 Å². The first-order valence-electron chi connectivity index (χ1n) is 10.8. The van der Waals surface area contributed by atoms with Gasteiger partial charge in [-0.1, -0.05) is 44.2 Å². The minimum Gasteiger partial charge on any atom is -0.355 e. The van der Waals surface area contributed by atoms with Gasteiger partial charge in [0, 0.05) is 31.4 Å². The molecule has 0 saturated carbocycles. The summed E-state index contributed by atoms with van der Waals surface area (Å²) < 4.78 is 1.83. The lowest BCUT2D eigenvalue weighted by Gasteiger charge is -2.18. The van der Waals surface area contributed by atoms with Crippen LogP contribution >= 0.6 is 0 Å². The number of amides is 2. The Morgan fingerprint density at radius 1 is 1.13 bits per heavy atom. The molecule has 6 nitrogen and oxygen atoms in total. The van der Waals surface area contributed by atoms with Crippen LogP contribution in [-0.4, -0.2) is 34.7 Å². The smallest absolute Gasteiger partial charge is 0.227 e. The predicted molar refractivity (Wildman–Crippen MR) is 121 cm³/mol. The Bertz CT molecular complexity index is 1060. The Balaban J connectivity index is 1.30. The molecular formula is C25H28N4O2. The normalized spacial score (nSPS) is 16.2. The maximum atomic E-state index is 12.6. The van der Waals surface area contributed by atoms with Gasteiger partial charge in [0.1, 0.15) is 0 Å². The second kappa shape index (κ2) is 9.16. The maximum Gasteiger partial charge on any atom is 0.227 e. The van der Waals surface area contributed by atoms with Gasteiger partial charge in [-0.15, -0.1) is 0 Å². The summed E-state index contributed by atoms with van der Waals surface area (Å²) in [6.45, 7) is 5.21. The average molecular weight is 417 g/mol. The lowest BCUT2D eigenvalue weighted by Crippen LogP contribution is -2.34. The summed E-state index contributed by atoms with van der Waals surface area (Å²) in [6, 6.07) is 17.9. The third kappa shape index (κ3) is 4.85. The lowest BCUT2D eigenvalue weighted by atomic mass is 10.0. The molecule has 2 heterocycles. The van der Waals surface area contributed by atoms with Crippen LogP contribution in [0.4, 0.5) is 5.69 Å². The monoisotopic (exact) mass is 416 g/mol. The molecule has 1 N–H and O–H groups in total. The number of rotatable bonds is 7. The van der Waals surface area contributed by atoms with E-state index in [-0.39, 0.29) is 24.2 Å². The Kier molecular flexibility index (Phi) is 6.16. The van der Waals surface area contributed by atoms with E-state index in [1.807, 2.05) is 65.6 Å². The fourth-order valence-electron chi connectivity index (χ4n) is 3.87. The summed E-state index contributed by atoms with van der Waals surface area (Å²) in [5.74, 6) is 0.0155. The number of para-hydroxylation sites is 1. The number of aromatic nitrogens is 2. The van der Waals surface area contributed by atoms with E-state index >= 15 is 0 Å². The molecule has 0 bridgehead atoms. The number of nitrogens with one attached hydrogen (secondary N) is 1. The van der Waals surface area contributed by atoms with Crippen molar-refractivity contribution in [2.45, 2.75) is 32.6 Å². The van der Waals surface area contributed by atoms with Crippen molar-refractivity contribution in [1.82, 2.24) is 15.1 Å². The Morgan fingerprint density at radius 3 is 2.68 bits per heavy atom. The third-order valence-electron chi connectivity index (χ3n) is 5.71. The zero-order chi connectivity index (χ0) is 21.8. The molecule has 2 amide bonds. The molecule has 3 aromatic rings. The summed E-state index contributed by atoms with van der Waals surface area (Å²) in [6.07, 6.45) is 4.74. The quantitative estimate of drug-likeness (QED) is 0.639. The second-order valence-corrected chi connectivity index (χ2v) is 8.32. The number of hydrogen-bond donors (Lipinski definition) is 1. The molecule has 0 aliphatic carbocycles. The molecule has 0 radical (unpaired) electrons. The molecule has 2 aromatic carbocycles. The summed E-state index contributed by atoms with van der Waals surface area (Å²) in [5.41, 5.74) is 4.12. The fraction of sp³-hybridized carbons (Fsp3) is 0.320. The van der Waals surface area contributed by atoms with Crippen LogP contribution in [0.3, 0.4) is 0 Å². The van der Waals surface area contributed by atoms with E-state index in [1.54, 1.807) is 4.90 Å². The highest BCUT2D eigenvalue weighted by atomic mass is 16.2. The Morgan fingerprint density at radius 2 is 1.90 bits per heavy atom. The van der Waals surface area contributed by atoms with E-state index in [1.165, 1.54) is 5.56 Å². The molecule has 0 spiro atoms. The lowest BCUT2D eigenvalue weighted by molar-refractivity contribution is -0.126. The highest BCUT2D eigenvalue weighted by Crippen LogP contribution is 2.28. The highest BCUT2D eigenvalue weighted by molar-refractivity contribution is 6.00. The van der Waals surface area contributed by atoms with Crippen molar-refractivity contribution >= 4 is 17.5 Å². The fourth-order valence-corrected chi connectivity index (χ4v) is 3.87. The molecule has 160 valence electrons. The Hall–Kier alpha value is -3.41. The van der Waals surface area contributed by atoms with Gasteiger partial charge in [-0.05, 0) is 47.7 Å². The van der Waals surface area contributed by atoms with Crippen LogP contribution in [0.2, 0.25) is 0 Å². The first kappa shape index (κ1) is 20.8. The average Bonchev–Trinajstić information content (AvgIpc) is 3.41. The zero-order valence-electron chi connectivity index (χ0n) is 18.0. The van der Waals surface area contributed by atoms with Crippen LogP contribution in [0.5, 0.6) is 0 Å². The summed E-state index contributed by atoms with van der Waals surface area (Å²) >= 11 is 0.